The van der Waals surface area contributed by atoms with Crippen LogP contribution in [0.2, 0.25) is 0 Å². The summed E-state index contributed by atoms with van der Waals surface area (Å²) in [5, 5.41) is 0. The second-order valence-corrected chi connectivity index (χ2v) is 5.81. The van der Waals surface area contributed by atoms with Gasteiger partial charge >= 0.3 is 6.09 Å². The van der Waals surface area contributed by atoms with E-state index in [9.17, 15) is 4.79 Å². The molecule has 0 N–H and O–H groups in total. The summed E-state index contributed by atoms with van der Waals surface area (Å²) < 4.78 is 5.33. The van der Waals surface area contributed by atoms with Crippen LogP contribution in [0.25, 0.3) is 0 Å². The zero-order valence-electron chi connectivity index (χ0n) is 11.4. The number of amides is 1. The fourth-order valence-corrected chi connectivity index (χ4v) is 2.05. The Labute approximate surface area is 108 Å². The predicted molar refractivity (Wildman–Crippen MR) is 69.5 cm³/mol. The van der Waals surface area contributed by atoms with Crippen molar-refractivity contribution in [3.05, 3.63) is 29.6 Å². The maximum atomic E-state index is 11.8. The molecule has 1 aromatic heterocycles. The molecule has 2 rings (SSSR count). The summed E-state index contributed by atoms with van der Waals surface area (Å²) in [6.45, 7) is 9.17. The summed E-state index contributed by atoms with van der Waals surface area (Å²) in [6.07, 6.45) is 3.47. The number of carbonyl (C=O) groups excluding carboxylic acids is 1. The molecule has 2 heterocycles. The largest absolute Gasteiger partial charge is 0.444 e. The summed E-state index contributed by atoms with van der Waals surface area (Å²) in [4.78, 5) is 17.7. The molecule has 0 bridgehead atoms. The lowest BCUT2D eigenvalue weighted by molar-refractivity contribution is 0.00811. The Morgan fingerprint density at radius 2 is 2.11 bits per heavy atom. The van der Waals surface area contributed by atoms with Crippen LogP contribution in [-0.4, -0.2) is 34.7 Å². The van der Waals surface area contributed by atoms with Crippen LogP contribution in [0, 0.1) is 6.92 Å². The van der Waals surface area contributed by atoms with Gasteiger partial charge in [0.15, 0.2) is 0 Å². The molecule has 18 heavy (non-hydrogen) atoms. The molecule has 1 amide bonds. The Hall–Kier alpha value is -1.58. The zero-order valence-corrected chi connectivity index (χ0v) is 11.4. The number of hydrogen-bond donors (Lipinski definition) is 0. The van der Waals surface area contributed by atoms with Gasteiger partial charge < -0.3 is 9.64 Å². The van der Waals surface area contributed by atoms with Crippen LogP contribution in [0.4, 0.5) is 4.79 Å². The van der Waals surface area contributed by atoms with Crippen molar-refractivity contribution in [2.75, 3.05) is 13.1 Å². The second-order valence-electron chi connectivity index (χ2n) is 5.81. The third kappa shape index (κ3) is 2.81. The zero-order chi connectivity index (χ0) is 13.3. The molecule has 4 nitrogen and oxygen atoms in total. The lowest BCUT2D eigenvalue weighted by Crippen LogP contribution is -2.50. The summed E-state index contributed by atoms with van der Waals surface area (Å²) in [5.41, 5.74) is 2.04. The molecule has 0 radical (unpaired) electrons. The molecule has 4 heteroatoms. The van der Waals surface area contributed by atoms with E-state index in [0.29, 0.717) is 5.92 Å². The van der Waals surface area contributed by atoms with Crippen molar-refractivity contribution < 1.29 is 9.53 Å². The molecule has 0 unspecified atom stereocenters. The van der Waals surface area contributed by atoms with Gasteiger partial charge in [0.1, 0.15) is 5.60 Å². The normalized spacial score (nSPS) is 16.3. The molecule has 1 aliphatic heterocycles. The minimum absolute atomic E-state index is 0.222. The highest BCUT2D eigenvalue weighted by molar-refractivity contribution is 5.69. The summed E-state index contributed by atoms with van der Waals surface area (Å²) in [7, 11) is 0. The molecule has 0 atom stereocenters. The van der Waals surface area contributed by atoms with Gasteiger partial charge in [-0.05, 0) is 44.9 Å². The van der Waals surface area contributed by atoms with E-state index in [1.807, 2.05) is 33.0 Å². The number of rotatable bonds is 1. The lowest BCUT2D eigenvalue weighted by Gasteiger charge is -2.40. The average molecular weight is 248 g/mol. The Kier molecular flexibility index (Phi) is 3.28. The van der Waals surface area contributed by atoms with Gasteiger partial charge in [-0.25, -0.2) is 4.79 Å². The number of aromatic nitrogens is 1. The Balaban J connectivity index is 1.91. The summed E-state index contributed by atoms with van der Waals surface area (Å²) in [5.74, 6) is 0.395. The number of aryl methyl sites for hydroxylation is 1. The number of carbonyl (C=O) groups is 1. The third-order valence-corrected chi connectivity index (χ3v) is 3.05. The van der Waals surface area contributed by atoms with Crippen molar-refractivity contribution in [3.63, 3.8) is 0 Å². The van der Waals surface area contributed by atoms with Gasteiger partial charge in [0.05, 0.1) is 0 Å². The lowest BCUT2D eigenvalue weighted by atomic mass is 9.90. The molecule has 98 valence electrons. The number of ether oxygens (including phenoxy) is 1. The number of nitrogens with zero attached hydrogens (tertiary/aromatic N) is 2. The maximum Gasteiger partial charge on any atom is 0.410 e. The molecular formula is C14H20N2O2. The van der Waals surface area contributed by atoms with E-state index in [4.69, 9.17) is 4.74 Å². The molecule has 1 aliphatic rings. The van der Waals surface area contributed by atoms with Crippen molar-refractivity contribution in [2.45, 2.75) is 39.2 Å². The first-order chi connectivity index (χ1) is 8.37. The molecule has 0 aliphatic carbocycles. The summed E-state index contributed by atoms with van der Waals surface area (Å²) in [6, 6.07) is 2.01. The van der Waals surface area contributed by atoms with Crippen LogP contribution in [0.5, 0.6) is 0 Å². The molecular weight excluding hydrogens is 228 g/mol. The Bertz CT molecular complexity index is 445. The first-order valence-corrected chi connectivity index (χ1v) is 6.25. The van der Waals surface area contributed by atoms with E-state index in [0.717, 1.165) is 13.1 Å². The highest BCUT2D eigenvalue weighted by Gasteiger charge is 2.35. The van der Waals surface area contributed by atoms with Gasteiger partial charge in [-0.15, -0.1) is 0 Å². The van der Waals surface area contributed by atoms with E-state index in [1.54, 1.807) is 11.1 Å². The predicted octanol–water partition coefficient (Wildman–Crippen LogP) is 2.72. The average Bonchev–Trinajstić information content (AvgIpc) is 2.15. The smallest absolute Gasteiger partial charge is 0.410 e. The minimum atomic E-state index is -0.424. The molecule has 0 spiro atoms. The van der Waals surface area contributed by atoms with Crippen LogP contribution < -0.4 is 0 Å². The number of hydrogen-bond acceptors (Lipinski definition) is 3. The topological polar surface area (TPSA) is 42.4 Å². The minimum Gasteiger partial charge on any atom is -0.444 e. The van der Waals surface area contributed by atoms with E-state index in [2.05, 4.69) is 11.9 Å². The second kappa shape index (κ2) is 4.59. The van der Waals surface area contributed by atoms with Gasteiger partial charge in [0.25, 0.3) is 0 Å². The van der Waals surface area contributed by atoms with Gasteiger partial charge in [-0.3, -0.25) is 4.98 Å². The molecule has 1 aromatic rings. The van der Waals surface area contributed by atoms with Crippen molar-refractivity contribution in [1.82, 2.24) is 9.88 Å². The highest BCUT2D eigenvalue weighted by Crippen LogP contribution is 2.29. The number of pyridine rings is 1. The maximum absolute atomic E-state index is 11.8. The van der Waals surface area contributed by atoms with Crippen molar-refractivity contribution >= 4 is 6.09 Å². The third-order valence-electron chi connectivity index (χ3n) is 3.05. The fourth-order valence-electron chi connectivity index (χ4n) is 2.05. The van der Waals surface area contributed by atoms with Crippen molar-refractivity contribution in [2.24, 2.45) is 0 Å². The monoisotopic (exact) mass is 248 g/mol. The van der Waals surface area contributed by atoms with E-state index < -0.39 is 5.60 Å². The quantitative estimate of drug-likeness (QED) is 0.767. The van der Waals surface area contributed by atoms with E-state index in [1.165, 1.54) is 11.1 Å². The van der Waals surface area contributed by atoms with E-state index >= 15 is 0 Å². The Morgan fingerprint density at radius 1 is 1.44 bits per heavy atom. The molecule has 0 aromatic carbocycles. The highest BCUT2D eigenvalue weighted by atomic mass is 16.6. The molecule has 1 fully saturated rings. The fraction of sp³-hybridized carbons (Fsp3) is 0.571. The first-order valence-electron chi connectivity index (χ1n) is 6.25. The summed E-state index contributed by atoms with van der Waals surface area (Å²) >= 11 is 0. The first kappa shape index (κ1) is 12.9. The Morgan fingerprint density at radius 3 is 2.67 bits per heavy atom. The van der Waals surface area contributed by atoms with E-state index in [-0.39, 0.29) is 6.09 Å². The van der Waals surface area contributed by atoms with Crippen LogP contribution in [0.1, 0.15) is 37.8 Å². The molecule has 0 saturated carbocycles. The molecule has 1 saturated heterocycles. The number of likely N-dealkylation sites (tertiary alicyclic amines) is 1. The standard InChI is InChI=1S/C14H20N2O2/c1-10-5-6-15-7-12(10)11-8-16(9-11)13(17)18-14(2,3)4/h5-7,11H,8-9H2,1-4H3. The SMILES string of the molecule is Cc1ccncc1C1CN(C(=O)OC(C)(C)C)C1. The van der Waals surface area contributed by atoms with Crippen molar-refractivity contribution in [1.29, 1.82) is 0 Å². The van der Waals surface area contributed by atoms with Gasteiger partial charge in [-0.1, -0.05) is 0 Å². The van der Waals surface area contributed by atoms with Crippen LogP contribution in [0.15, 0.2) is 18.5 Å². The van der Waals surface area contributed by atoms with Gasteiger partial charge in [0.2, 0.25) is 0 Å². The van der Waals surface area contributed by atoms with Gasteiger partial charge in [-0.2, -0.15) is 0 Å². The van der Waals surface area contributed by atoms with Crippen LogP contribution in [-0.2, 0) is 4.74 Å². The van der Waals surface area contributed by atoms with Crippen molar-refractivity contribution in [3.8, 4) is 0 Å². The van der Waals surface area contributed by atoms with Crippen LogP contribution >= 0.6 is 0 Å². The van der Waals surface area contributed by atoms with Crippen LogP contribution in [0.3, 0.4) is 0 Å². The van der Waals surface area contributed by atoms with Gasteiger partial charge in [0, 0.05) is 31.4 Å².